The lowest BCUT2D eigenvalue weighted by Gasteiger charge is -2.40. The Morgan fingerprint density at radius 2 is 1.77 bits per heavy atom. The minimum Gasteiger partial charge on any atom is -0.312 e. The summed E-state index contributed by atoms with van der Waals surface area (Å²) in [5.41, 5.74) is 3.14. The second-order valence-electron chi connectivity index (χ2n) is 7.36. The maximum Gasteiger partial charge on any atom is 0.226 e. The smallest absolute Gasteiger partial charge is 0.226 e. The van der Waals surface area contributed by atoms with Crippen molar-refractivity contribution in [2.45, 2.75) is 31.6 Å². The van der Waals surface area contributed by atoms with E-state index in [1.807, 2.05) is 29.2 Å². The van der Waals surface area contributed by atoms with Crippen molar-refractivity contribution in [3.63, 3.8) is 0 Å². The van der Waals surface area contributed by atoms with Gasteiger partial charge >= 0.3 is 0 Å². The molecule has 0 spiro atoms. The van der Waals surface area contributed by atoms with Gasteiger partial charge in [-0.3, -0.25) is 4.79 Å². The van der Waals surface area contributed by atoms with Crippen LogP contribution in [0.4, 0.5) is 10.1 Å². The molecule has 2 aromatic carbocycles. The zero-order valence-electron chi connectivity index (χ0n) is 15.0. The molecule has 0 aliphatic carbocycles. The second-order valence-corrected chi connectivity index (χ2v) is 7.36. The summed E-state index contributed by atoms with van der Waals surface area (Å²) in [6, 6.07) is 15.4. The molecule has 0 radical (unpaired) electrons. The van der Waals surface area contributed by atoms with Gasteiger partial charge in [-0.25, -0.2) is 4.39 Å². The molecular weight excluding hydrogens is 327 g/mol. The van der Waals surface area contributed by atoms with E-state index in [0.29, 0.717) is 12.3 Å². The maximum atomic E-state index is 13.9. The number of carbonyl (C=O) groups excluding carboxylic acids is 1. The molecule has 0 bridgehead atoms. The highest BCUT2D eigenvalue weighted by molar-refractivity contribution is 5.94. The van der Waals surface area contributed by atoms with Gasteiger partial charge in [-0.05, 0) is 42.5 Å². The van der Waals surface area contributed by atoms with E-state index in [0.717, 1.165) is 56.7 Å². The minimum atomic E-state index is -0.0916. The molecule has 0 N–H and O–H groups in total. The van der Waals surface area contributed by atoms with Crippen molar-refractivity contribution in [3.05, 3.63) is 65.5 Å². The molecule has 2 aliphatic heterocycles. The predicted octanol–water partition coefficient (Wildman–Crippen LogP) is 3.98. The fourth-order valence-electron chi connectivity index (χ4n) is 4.08. The Morgan fingerprint density at radius 1 is 1.00 bits per heavy atom. The Balaban J connectivity index is 1.36. The van der Waals surface area contributed by atoms with Crippen LogP contribution >= 0.6 is 0 Å². The zero-order valence-corrected chi connectivity index (χ0v) is 15.0. The number of benzene rings is 2. The number of halogens is 1. The number of anilines is 1. The molecule has 136 valence electrons. The highest BCUT2D eigenvalue weighted by Crippen LogP contribution is 2.30. The number of carbonyl (C=O) groups is 1. The molecule has 4 rings (SSSR count). The van der Waals surface area contributed by atoms with Crippen LogP contribution in [-0.4, -0.2) is 37.0 Å². The Bertz CT molecular complexity index is 785. The third-order valence-electron chi connectivity index (χ3n) is 5.61. The summed E-state index contributed by atoms with van der Waals surface area (Å²) in [5.74, 6) is 0.452. The Morgan fingerprint density at radius 3 is 2.58 bits per heavy atom. The van der Waals surface area contributed by atoms with Crippen LogP contribution in [0.1, 0.15) is 36.3 Å². The summed E-state index contributed by atoms with van der Waals surface area (Å²) in [5, 5.41) is 0. The number of hydrogen-bond acceptors (Lipinski definition) is 2. The van der Waals surface area contributed by atoms with Gasteiger partial charge in [0.1, 0.15) is 5.82 Å². The average Bonchev–Trinajstić information content (AvgIpc) is 2.63. The third-order valence-corrected chi connectivity index (χ3v) is 5.61. The van der Waals surface area contributed by atoms with Gasteiger partial charge in [0.2, 0.25) is 5.91 Å². The summed E-state index contributed by atoms with van der Waals surface area (Å²) < 4.78 is 13.9. The Kier molecular flexibility index (Phi) is 5.02. The van der Waals surface area contributed by atoms with Crippen LogP contribution in [0.15, 0.2) is 48.5 Å². The van der Waals surface area contributed by atoms with Crippen LogP contribution in [-0.2, 0) is 11.2 Å². The lowest BCUT2D eigenvalue weighted by atomic mass is 9.90. The highest BCUT2D eigenvalue weighted by Gasteiger charge is 2.29. The van der Waals surface area contributed by atoms with E-state index < -0.39 is 0 Å². The molecule has 0 saturated carbocycles. The molecule has 0 atom stereocenters. The van der Waals surface area contributed by atoms with E-state index in [4.69, 9.17) is 0 Å². The molecule has 2 saturated heterocycles. The maximum absolute atomic E-state index is 13.9. The molecule has 3 nitrogen and oxygen atoms in total. The fraction of sp³-hybridized carbons (Fsp3) is 0.409. The van der Waals surface area contributed by atoms with Gasteiger partial charge in [-0.15, -0.1) is 0 Å². The molecule has 4 heteroatoms. The summed E-state index contributed by atoms with van der Waals surface area (Å²) in [7, 11) is 0. The summed E-state index contributed by atoms with van der Waals surface area (Å²) >= 11 is 0. The SMILES string of the molecule is O=C1CCCCN1c1ccccc1CCN1CC(c2ccccc2F)C1. The van der Waals surface area contributed by atoms with E-state index in [2.05, 4.69) is 17.0 Å². The molecule has 2 aromatic rings. The second kappa shape index (κ2) is 7.58. The van der Waals surface area contributed by atoms with Crippen molar-refractivity contribution in [1.82, 2.24) is 4.90 Å². The Labute approximate surface area is 154 Å². The van der Waals surface area contributed by atoms with Gasteiger partial charge in [-0.1, -0.05) is 36.4 Å². The minimum absolute atomic E-state index is 0.0916. The van der Waals surface area contributed by atoms with Crippen LogP contribution in [0, 0.1) is 5.82 Å². The van der Waals surface area contributed by atoms with Gasteiger partial charge in [0.05, 0.1) is 0 Å². The lowest BCUT2D eigenvalue weighted by Crippen LogP contribution is -2.46. The first kappa shape index (κ1) is 17.2. The number of hydrogen-bond donors (Lipinski definition) is 0. The predicted molar refractivity (Wildman–Crippen MR) is 102 cm³/mol. The summed E-state index contributed by atoms with van der Waals surface area (Å²) in [6.07, 6.45) is 3.66. The normalized spacial score (nSPS) is 18.8. The van der Waals surface area contributed by atoms with Crippen molar-refractivity contribution in [2.24, 2.45) is 0 Å². The van der Waals surface area contributed by atoms with E-state index in [1.54, 1.807) is 12.1 Å². The molecule has 26 heavy (non-hydrogen) atoms. The molecule has 0 unspecified atom stereocenters. The van der Waals surface area contributed by atoms with Gasteiger partial charge in [0.15, 0.2) is 0 Å². The van der Waals surface area contributed by atoms with Gasteiger partial charge in [0.25, 0.3) is 0 Å². The van der Waals surface area contributed by atoms with E-state index in [1.165, 1.54) is 5.56 Å². The molecule has 2 aliphatic rings. The lowest BCUT2D eigenvalue weighted by molar-refractivity contribution is -0.119. The van der Waals surface area contributed by atoms with Gasteiger partial charge in [-0.2, -0.15) is 0 Å². The number of amides is 1. The first-order valence-corrected chi connectivity index (χ1v) is 9.57. The monoisotopic (exact) mass is 352 g/mol. The standard InChI is InChI=1S/C22H25FN2O/c23-20-9-3-2-8-19(20)18-15-24(16-18)14-12-17-7-1-4-10-21(17)25-13-6-5-11-22(25)26/h1-4,7-10,18H,5-6,11-16H2. The number of nitrogens with zero attached hydrogens (tertiary/aromatic N) is 2. The molecule has 2 heterocycles. The largest absolute Gasteiger partial charge is 0.312 e. The van der Waals surface area contributed by atoms with Crippen molar-refractivity contribution in [1.29, 1.82) is 0 Å². The van der Waals surface area contributed by atoms with Crippen LogP contribution in [0.3, 0.4) is 0 Å². The molecule has 2 fully saturated rings. The molecule has 1 amide bonds. The zero-order chi connectivity index (χ0) is 17.9. The van der Waals surface area contributed by atoms with Crippen LogP contribution in [0.5, 0.6) is 0 Å². The average molecular weight is 352 g/mol. The third kappa shape index (κ3) is 3.51. The molecule has 0 aromatic heterocycles. The van der Waals surface area contributed by atoms with Crippen LogP contribution in [0.25, 0.3) is 0 Å². The summed E-state index contributed by atoms with van der Waals surface area (Å²) in [6.45, 7) is 3.59. The van der Waals surface area contributed by atoms with Crippen molar-refractivity contribution in [3.8, 4) is 0 Å². The number of piperidine rings is 1. The Hall–Kier alpha value is -2.20. The van der Waals surface area contributed by atoms with Gasteiger partial charge < -0.3 is 9.80 Å². The van der Waals surface area contributed by atoms with Crippen molar-refractivity contribution >= 4 is 11.6 Å². The van der Waals surface area contributed by atoms with E-state index in [-0.39, 0.29) is 11.7 Å². The molecular formula is C22H25FN2O. The van der Waals surface area contributed by atoms with Crippen LogP contribution < -0.4 is 4.90 Å². The number of rotatable bonds is 5. The van der Waals surface area contributed by atoms with Crippen molar-refractivity contribution < 1.29 is 9.18 Å². The van der Waals surface area contributed by atoms with Gasteiger partial charge in [0, 0.05) is 44.2 Å². The quantitative estimate of drug-likeness (QED) is 0.812. The van der Waals surface area contributed by atoms with Crippen LogP contribution in [0.2, 0.25) is 0 Å². The number of para-hydroxylation sites is 1. The van der Waals surface area contributed by atoms with E-state index in [9.17, 15) is 9.18 Å². The highest BCUT2D eigenvalue weighted by atomic mass is 19.1. The topological polar surface area (TPSA) is 23.6 Å². The fourth-order valence-corrected chi connectivity index (χ4v) is 4.08. The van der Waals surface area contributed by atoms with E-state index >= 15 is 0 Å². The summed E-state index contributed by atoms with van der Waals surface area (Å²) in [4.78, 5) is 16.6. The van der Waals surface area contributed by atoms with Crippen molar-refractivity contribution in [2.75, 3.05) is 31.1 Å². The first-order chi connectivity index (χ1) is 12.7. The number of likely N-dealkylation sites (tertiary alicyclic amines) is 1. The first-order valence-electron chi connectivity index (χ1n) is 9.57.